The monoisotopic (exact) mass is 353 g/mol. The summed E-state index contributed by atoms with van der Waals surface area (Å²) in [5.74, 6) is -0.674. The quantitative estimate of drug-likeness (QED) is 0.486. The predicted molar refractivity (Wildman–Crippen MR) is 98.9 cm³/mol. The zero-order valence-electron chi connectivity index (χ0n) is 14.3. The van der Waals surface area contributed by atoms with Gasteiger partial charge in [0.2, 0.25) is 5.75 Å². The largest absolute Gasteiger partial charge is 0.504 e. The van der Waals surface area contributed by atoms with Crippen LogP contribution in [0, 0.1) is 0 Å². The number of hydrogen-bond donors (Lipinski definition) is 3. The van der Waals surface area contributed by atoms with E-state index in [9.17, 15) is 15.0 Å². The molecule has 3 aromatic rings. The number of rotatable bonds is 3. The predicted octanol–water partition coefficient (Wildman–Crippen LogP) is 1.11. The van der Waals surface area contributed by atoms with Crippen LogP contribution in [-0.2, 0) is 6.54 Å². The minimum Gasteiger partial charge on any atom is -0.504 e. The Kier molecular flexibility index (Phi) is 4.26. The summed E-state index contributed by atoms with van der Waals surface area (Å²) in [7, 11) is 0. The molecule has 6 heteroatoms. The number of nitrogens with one attached hydrogen (secondary N) is 1. The van der Waals surface area contributed by atoms with Gasteiger partial charge in [-0.25, -0.2) is 4.79 Å². The van der Waals surface area contributed by atoms with Gasteiger partial charge < -0.3 is 24.4 Å². The molecule has 2 aromatic carbocycles. The molecule has 0 radical (unpaired) electrons. The smallest absolute Gasteiger partial charge is 0.336 e. The van der Waals surface area contributed by atoms with Crippen LogP contribution >= 0.6 is 0 Å². The molecule has 6 nitrogen and oxygen atoms in total. The second kappa shape index (κ2) is 6.72. The lowest BCUT2D eigenvalue weighted by molar-refractivity contribution is -0.914. The first-order chi connectivity index (χ1) is 12.6. The van der Waals surface area contributed by atoms with E-state index in [4.69, 9.17) is 4.42 Å². The minimum absolute atomic E-state index is 0.0508. The van der Waals surface area contributed by atoms with Gasteiger partial charge in [-0.3, -0.25) is 0 Å². The molecule has 0 amide bonds. The molecule has 0 bridgehead atoms. The number of nitrogens with zero attached hydrogens (tertiary/aromatic N) is 1. The van der Waals surface area contributed by atoms with E-state index in [1.807, 2.05) is 18.2 Å². The van der Waals surface area contributed by atoms with E-state index in [0.29, 0.717) is 11.9 Å². The second-order valence-corrected chi connectivity index (χ2v) is 6.65. The highest BCUT2D eigenvalue weighted by atomic mass is 16.4. The van der Waals surface area contributed by atoms with Crippen LogP contribution in [0.2, 0.25) is 0 Å². The van der Waals surface area contributed by atoms with E-state index < -0.39 is 5.63 Å². The maximum absolute atomic E-state index is 11.9. The molecule has 26 heavy (non-hydrogen) atoms. The highest BCUT2D eigenvalue weighted by Gasteiger charge is 2.22. The summed E-state index contributed by atoms with van der Waals surface area (Å²) in [6.07, 6.45) is 0. The van der Waals surface area contributed by atoms with Gasteiger partial charge in [0, 0.05) is 22.7 Å². The molecule has 0 aliphatic carbocycles. The Morgan fingerprint density at radius 2 is 1.77 bits per heavy atom. The highest BCUT2D eigenvalue weighted by Crippen LogP contribution is 2.33. The van der Waals surface area contributed by atoms with Crippen molar-refractivity contribution in [2.24, 2.45) is 0 Å². The average Bonchev–Trinajstić information content (AvgIpc) is 2.66. The van der Waals surface area contributed by atoms with Crippen LogP contribution in [-0.4, -0.2) is 36.4 Å². The van der Waals surface area contributed by atoms with Crippen molar-refractivity contribution in [3.63, 3.8) is 0 Å². The summed E-state index contributed by atoms with van der Waals surface area (Å²) in [6.45, 7) is 4.49. The van der Waals surface area contributed by atoms with Crippen LogP contribution in [0.25, 0.3) is 11.0 Å². The molecule has 1 aliphatic rings. The third-order valence-electron chi connectivity index (χ3n) is 4.98. The topological polar surface area (TPSA) is 78.4 Å². The molecule has 0 saturated carbocycles. The molecule has 1 fully saturated rings. The highest BCUT2D eigenvalue weighted by molar-refractivity contribution is 5.87. The third kappa shape index (κ3) is 3.11. The summed E-state index contributed by atoms with van der Waals surface area (Å²) in [6, 6.07) is 14.9. The van der Waals surface area contributed by atoms with Crippen LogP contribution < -0.4 is 15.4 Å². The summed E-state index contributed by atoms with van der Waals surface area (Å²) in [5, 5.41) is 20.3. The van der Waals surface area contributed by atoms with E-state index in [2.05, 4.69) is 17.0 Å². The third-order valence-corrected chi connectivity index (χ3v) is 4.98. The molecular weight excluding hydrogens is 332 g/mol. The molecule has 3 N–H and O–H groups in total. The fourth-order valence-corrected chi connectivity index (χ4v) is 3.58. The Morgan fingerprint density at radius 1 is 1.04 bits per heavy atom. The Hall–Kier alpha value is -2.99. The van der Waals surface area contributed by atoms with Crippen molar-refractivity contribution in [1.82, 2.24) is 0 Å². The number of anilines is 1. The van der Waals surface area contributed by atoms with Crippen LogP contribution in [0.1, 0.15) is 5.56 Å². The fourth-order valence-electron chi connectivity index (χ4n) is 3.58. The molecule has 1 aliphatic heterocycles. The first-order valence-corrected chi connectivity index (χ1v) is 8.73. The standard InChI is InChI=1S/C20H20N2O4/c23-17-7-6-16-14(12-18(24)26-20(16)19(17)25)13-21-8-10-22(11-9-21)15-4-2-1-3-5-15/h1-7,12,23,25H,8-11,13H2/p+1. The number of fused-ring (bicyclic) bond motifs is 1. The molecule has 134 valence electrons. The number of para-hydroxylation sites is 1. The first kappa shape index (κ1) is 16.5. The lowest BCUT2D eigenvalue weighted by Gasteiger charge is -2.33. The van der Waals surface area contributed by atoms with E-state index >= 15 is 0 Å². The lowest BCUT2D eigenvalue weighted by atomic mass is 10.1. The average molecular weight is 353 g/mol. The number of aromatic hydroxyl groups is 2. The number of phenols is 2. The number of quaternary nitrogens is 1. The minimum atomic E-state index is -0.518. The maximum atomic E-state index is 11.9. The van der Waals surface area contributed by atoms with Crippen molar-refractivity contribution in [2.75, 3.05) is 31.1 Å². The second-order valence-electron chi connectivity index (χ2n) is 6.65. The number of benzene rings is 2. The molecule has 1 aromatic heterocycles. The van der Waals surface area contributed by atoms with E-state index in [0.717, 1.165) is 31.7 Å². The van der Waals surface area contributed by atoms with Gasteiger partial charge in [0.25, 0.3) is 0 Å². The van der Waals surface area contributed by atoms with Crippen molar-refractivity contribution < 1.29 is 19.5 Å². The Labute approximate surface area is 150 Å². The maximum Gasteiger partial charge on any atom is 0.336 e. The first-order valence-electron chi connectivity index (χ1n) is 8.73. The Bertz CT molecular complexity index is 976. The van der Waals surface area contributed by atoms with Crippen LogP contribution in [0.3, 0.4) is 0 Å². The summed E-state index contributed by atoms with van der Waals surface area (Å²) in [5.41, 5.74) is 1.60. The molecular formula is C20H21N2O4+. The lowest BCUT2D eigenvalue weighted by Crippen LogP contribution is -3.13. The molecule has 0 atom stereocenters. The molecule has 2 heterocycles. The van der Waals surface area contributed by atoms with Gasteiger partial charge in [0.05, 0.1) is 26.2 Å². The van der Waals surface area contributed by atoms with Gasteiger partial charge in [-0.2, -0.15) is 0 Å². The Morgan fingerprint density at radius 3 is 2.50 bits per heavy atom. The normalized spacial score (nSPS) is 15.5. The van der Waals surface area contributed by atoms with Gasteiger partial charge in [-0.15, -0.1) is 0 Å². The van der Waals surface area contributed by atoms with E-state index in [1.165, 1.54) is 22.7 Å². The van der Waals surface area contributed by atoms with Crippen molar-refractivity contribution in [2.45, 2.75) is 6.54 Å². The van der Waals surface area contributed by atoms with Crippen molar-refractivity contribution in [3.8, 4) is 11.5 Å². The van der Waals surface area contributed by atoms with Crippen molar-refractivity contribution in [1.29, 1.82) is 0 Å². The summed E-state index contributed by atoms with van der Waals surface area (Å²) < 4.78 is 5.09. The SMILES string of the molecule is O=c1cc(C[NH+]2CCN(c3ccccc3)CC2)c2ccc(O)c(O)c2o1. The zero-order chi connectivity index (χ0) is 18.1. The van der Waals surface area contributed by atoms with Crippen LogP contribution in [0.5, 0.6) is 11.5 Å². The van der Waals surface area contributed by atoms with Gasteiger partial charge in [0.15, 0.2) is 11.3 Å². The van der Waals surface area contributed by atoms with Crippen LogP contribution in [0.4, 0.5) is 5.69 Å². The fraction of sp³-hybridized carbons (Fsp3) is 0.250. The summed E-state index contributed by atoms with van der Waals surface area (Å²) in [4.78, 5) is 15.6. The van der Waals surface area contributed by atoms with Gasteiger partial charge >= 0.3 is 5.63 Å². The zero-order valence-corrected chi connectivity index (χ0v) is 14.3. The van der Waals surface area contributed by atoms with E-state index in [-0.39, 0.29) is 17.1 Å². The van der Waals surface area contributed by atoms with Crippen molar-refractivity contribution >= 4 is 16.7 Å². The van der Waals surface area contributed by atoms with E-state index in [1.54, 1.807) is 6.07 Å². The number of phenolic OH excluding ortho intramolecular Hbond substituents is 2. The number of piperazine rings is 1. The molecule has 1 saturated heterocycles. The Balaban J connectivity index is 1.54. The molecule has 4 rings (SSSR count). The van der Waals surface area contributed by atoms with Gasteiger partial charge in [0.1, 0.15) is 6.54 Å². The van der Waals surface area contributed by atoms with Gasteiger partial charge in [-0.05, 0) is 24.3 Å². The summed E-state index contributed by atoms with van der Waals surface area (Å²) >= 11 is 0. The molecule has 0 spiro atoms. The molecule has 0 unspecified atom stereocenters. The van der Waals surface area contributed by atoms with Crippen molar-refractivity contribution in [3.05, 3.63) is 64.5 Å². The number of hydrogen-bond acceptors (Lipinski definition) is 5. The van der Waals surface area contributed by atoms with Gasteiger partial charge in [-0.1, -0.05) is 18.2 Å². The van der Waals surface area contributed by atoms with Crippen LogP contribution in [0.15, 0.2) is 57.7 Å².